The molecule has 1 aliphatic rings. The highest BCUT2D eigenvalue weighted by atomic mass is 35.5. The van der Waals surface area contributed by atoms with Crippen LogP contribution in [0.25, 0.3) is 21.7 Å². The fourth-order valence-electron chi connectivity index (χ4n) is 6.05. The van der Waals surface area contributed by atoms with Crippen LogP contribution >= 0.6 is 11.6 Å². The second-order valence-electron chi connectivity index (χ2n) is 11.8. The Kier molecular flexibility index (Phi) is 9.60. The van der Waals surface area contributed by atoms with E-state index in [2.05, 4.69) is 15.6 Å². The van der Waals surface area contributed by atoms with E-state index in [0.29, 0.717) is 5.03 Å². The molecule has 1 aromatic heterocycles. The molecule has 0 spiro atoms. The highest BCUT2D eigenvalue weighted by Gasteiger charge is 2.48. The summed E-state index contributed by atoms with van der Waals surface area (Å²) in [6, 6.07) is 20.1. The standard InChI is InChI=1S/C35H36ClN5O5/c1-34(32(44)40-19-30(38)42,41-33(45)46-20-23-9-6-8-22-7-2-3-10-26(22)23)21-35(15-13-25(36)14-16-35)31(43)28(37)17-24-18-39-29-12-5-4-11-27(24)29/h2-15,18,28,39H,16-17,19-21,37H2,1H3,(H2,38,42)(H,40,44)(H,41,45)/t28-,34?,35?/m0/s1. The van der Waals surface area contributed by atoms with Gasteiger partial charge < -0.3 is 31.8 Å². The molecule has 3 aromatic carbocycles. The minimum atomic E-state index is -1.73. The number of ether oxygens (including phenoxy) is 1. The van der Waals surface area contributed by atoms with E-state index >= 15 is 0 Å². The average molecular weight is 642 g/mol. The lowest BCUT2D eigenvalue weighted by Gasteiger charge is -2.40. The van der Waals surface area contributed by atoms with Crippen molar-refractivity contribution in [1.29, 1.82) is 0 Å². The van der Waals surface area contributed by atoms with Gasteiger partial charge in [0.15, 0.2) is 5.78 Å². The normalized spacial score (nSPS) is 17.9. The third-order valence-electron chi connectivity index (χ3n) is 8.38. The van der Waals surface area contributed by atoms with E-state index in [1.807, 2.05) is 72.9 Å². The van der Waals surface area contributed by atoms with Gasteiger partial charge in [-0.15, -0.1) is 0 Å². The third-order valence-corrected chi connectivity index (χ3v) is 8.66. The van der Waals surface area contributed by atoms with Crippen LogP contribution in [-0.2, 0) is 32.1 Å². The number of alkyl carbamates (subject to hydrolysis) is 1. The molecule has 7 N–H and O–H groups in total. The third kappa shape index (κ3) is 7.14. The molecule has 238 valence electrons. The zero-order chi connectivity index (χ0) is 32.9. The summed E-state index contributed by atoms with van der Waals surface area (Å²) < 4.78 is 5.58. The van der Waals surface area contributed by atoms with Gasteiger partial charge in [0.2, 0.25) is 11.8 Å². The second kappa shape index (κ2) is 13.6. The fraction of sp³-hybridized carbons (Fsp3) is 0.257. The molecule has 5 rings (SSSR count). The number of hydrogen-bond donors (Lipinski definition) is 5. The summed E-state index contributed by atoms with van der Waals surface area (Å²) in [5, 5.41) is 8.43. The lowest BCUT2D eigenvalue weighted by atomic mass is 9.67. The summed E-state index contributed by atoms with van der Waals surface area (Å²) in [7, 11) is 0. The van der Waals surface area contributed by atoms with Gasteiger partial charge in [-0.1, -0.05) is 84.4 Å². The Morgan fingerprint density at radius 1 is 1.02 bits per heavy atom. The van der Waals surface area contributed by atoms with Crippen molar-refractivity contribution in [1.82, 2.24) is 15.6 Å². The Balaban J connectivity index is 1.40. The summed E-state index contributed by atoms with van der Waals surface area (Å²) in [4.78, 5) is 55.9. The summed E-state index contributed by atoms with van der Waals surface area (Å²) in [6.07, 6.45) is 6.01. The molecule has 1 aliphatic carbocycles. The quantitative estimate of drug-likeness (QED) is 0.152. The van der Waals surface area contributed by atoms with Crippen molar-refractivity contribution in [2.75, 3.05) is 6.54 Å². The number of carbonyl (C=O) groups is 4. The molecular formula is C35H36ClN5O5. The first-order chi connectivity index (χ1) is 22.0. The Bertz CT molecular complexity index is 1860. The van der Waals surface area contributed by atoms with Gasteiger partial charge in [-0.05, 0) is 60.2 Å². The predicted octanol–water partition coefficient (Wildman–Crippen LogP) is 4.51. The number of benzene rings is 3. The van der Waals surface area contributed by atoms with Gasteiger partial charge in [-0.2, -0.15) is 0 Å². The van der Waals surface area contributed by atoms with Crippen LogP contribution < -0.4 is 22.1 Å². The summed E-state index contributed by atoms with van der Waals surface area (Å²) in [6.45, 7) is 0.935. The van der Waals surface area contributed by atoms with Gasteiger partial charge in [-0.25, -0.2) is 4.79 Å². The number of allylic oxidation sites excluding steroid dienone is 4. The van der Waals surface area contributed by atoms with E-state index in [9.17, 15) is 19.2 Å². The number of amides is 3. The first-order valence-corrected chi connectivity index (χ1v) is 15.3. The molecule has 1 heterocycles. The number of halogens is 1. The first-order valence-electron chi connectivity index (χ1n) is 14.9. The van der Waals surface area contributed by atoms with Crippen LogP contribution in [0.3, 0.4) is 0 Å². The Morgan fingerprint density at radius 2 is 1.74 bits per heavy atom. The summed E-state index contributed by atoms with van der Waals surface area (Å²) >= 11 is 6.26. The van der Waals surface area contributed by atoms with Gasteiger partial charge in [0, 0.05) is 22.1 Å². The number of Topliss-reactive ketones (excluding diaryl/α,β-unsaturated/α-hetero) is 1. The molecule has 4 aromatic rings. The van der Waals surface area contributed by atoms with Crippen LogP contribution in [0.4, 0.5) is 4.79 Å². The number of fused-ring (bicyclic) bond motifs is 2. The molecule has 0 radical (unpaired) electrons. The molecule has 46 heavy (non-hydrogen) atoms. The number of nitrogens with one attached hydrogen (secondary N) is 3. The smallest absolute Gasteiger partial charge is 0.408 e. The predicted molar refractivity (Wildman–Crippen MR) is 178 cm³/mol. The number of primary amides is 1. The maximum Gasteiger partial charge on any atom is 0.408 e. The summed E-state index contributed by atoms with van der Waals surface area (Å²) in [5.74, 6) is -1.83. The molecule has 0 bridgehead atoms. The Labute approximate surface area is 271 Å². The number of hydrogen-bond acceptors (Lipinski definition) is 6. The number of aromatic nitrogens is 1. The number of H-pyrrole nitrogens is 1. The zero-order valence-corrected chi connectivity index (χ0v) is 26.1. The van der Waals surface area contributed by atoms with E-state index in [1.54, 1.807) is 18.2 Å². The lowest BCUT2D eigenvalue weighted by Crippen LogP contribution is -2.61. The van der Waals surface area contributed by atoms with Crippen molar-refractivity contribution in [2.24, 2.45) is 16.9 Å². The summed E-state index contributed by atoms with van der Waals surface area (Å²) in [5.41, 5.74) is 11.4. The number of para-hydroxylation sites is 1. The van der Waals surface area contributed by atoms with Gasteiger partial charge in [0.1, 0.15) is 12.1 Å². The fourth-order valence-corrected chi connectivity index (χ4v) is 6.19. The Morgan fingerprint density at radius 3 is 2.48 bits per heavy atom. The van der Waals surface area contributed by atoms with Gasteiger partial charge in [0.25, 0.3) is 0 Å². The molecule has 3 amide bonds. The van der Waals surface area contributed by atoms with Crippen molar-refractivity contribution in [3.8, 4) is 0 Å². The van der Waals surface area contributed by atoms with Gasteiger partial charge >= 0.3 is 6.09 Å². The highest BCUT2D eigenvalue weighted by Crippen LogP contribution is 2.41. The van der Waals surface area contributed by atoms with E-state index in [1.165, 1.54) is 6.92 Å². The minimum Gasteiger partial charge on any atom is -0.445 e. The minimum absolute atomic E-state index is 0.0655. The molecular weight excluding hydrogens is 606 g/mol. The van der Waals surface area contributed by atoms with E-state index < -0.39 is 41.4 Å². The van der Waals surface area contributed by atoms with Gasteiger partial charge in [-0.3, -0.25) is 14.4 Å². The van der Waals surface area contributed by atoms with Crippen LogP contribution in [0.15, 0.2) is 96.2 Å². The van der Waals surface area contributed by atoms with Crippen LogP contribution in [0.1, 0.15) is 30.9 Å². The van der Waals surface area contributed by atoms with E-state index in [0.717, 1.165) is 32.8 Å². The van der Waals surface area contributed by atoms with Crippen molar-refractivity contribution in [2.45, 2.75) is 44.4 Å². The van der Waals surface area contributed by atoms with Crippen LogP contribution in [0, 0.1) is 5.41 Å². The van der Waals surface area contributed by atoms with Crippen LogP contribution in [-0.4, -0.2) is 46.8 Å². The molecule has 0 fully saturated rings. The molecule has 2 unspecified atom stereocenters. The molecule has 0 saturated carbocycles. The largest absolute Gasteiger partial charge is 0.445 e. The lowest BCUT2D eigenvalue weighted by molar-refractivity contribution is -0.133. The van der Waals surface area contributed by atoms with Crippen molar-refractivity contribution in [3.05, 3.63) is 107 Å². The van der Waals surface area contributed by atoms with Crippen LogP contribution in [0.2, 0.25) is 0 Å². The number of carbonyl (C=O) groups excluding carboxylic acids is 4. The monoisotopic (exact) mass is 641 g/mol. The highest BCUT2D eigenvalue weighted by molar-refractivity contribution is 6.31. The molecule has 10 nitrogen and oxygen atoms in total. The topological polar surface area (TPSA) is 169 Å². The number of ketones is 1. The second-order valence-corrected chi connectivity index (χ2v) is 12.3. The Hall–Kier alpha value is -4.93. The van der Waals surface area contributed by atoms with E-state index in [-0.39, 0.29) is 31.7 Å². The maximum absolute atomic E-state index is 14.3. The molecule has 3 atom stereocenters. The number of nitrogens with two attached hydrogens (primary N) is 2. The van der Waals surface area contributed by atoms with Gasteiger partial charge in [0.05, 0.1) is 18.0 Å². The first kappa shape index (κ1) is 32.5. The van der Waals surface area contributed by atoms with Crippen molar-refractivity contribution < 1.29 is 23.9 Å². The maximum atomic E-state index is 14.3. The van der Waals surface area contributed by atoms with Crippen LogP contribution in [0.5, 0.6) is 0 Å². The number of rotatable bonds is 12. The zero-order valence-electron chi connectivity index (χ0n) is 25.3. The SMILES string of the molecule is CC(CC1(C(=O)[C@@H](N)Cc2c[nH]c3ccccc23)C=CC(Cl)=CC1)(NC(=O)OCc1cccc2ccccc12)C(=O)NCC(N)=O. The number of aromatic amines is 1. The molecule has 11 heteroatoms. The average Bonchev–Trinajstić information content (AvgIpc) is 3.45. The molecule has 0 aliphatic heterocycles. The van der Waals surface area contributed by atoms with E-state index in [4.69, 9.17) is 27.8 Å². The molecule has 0 saturated heterocycles. The van der Waals surface area contributed by atoms with Crippen molar-refractivity contribution in [3.63, 3.8) is 0 Å². The van der Waals surface area contributed by atoms with Crippen molar-refractivity contribution >= 4 is 57.0 Å².